The van der Waals surface area contributed by atoms with Crippen LogP contribution in [-0.2, 0) is 14.8 Å². The zero-order chi connectivity index (χ0) is 16.9. The van der Waals surface area contributed by atoms with Gasteiger partial charge < -0.3 is 4.90 Å². The SMILES string of the molecule is CNS(=O)(=O)c1cccc(N2C(=O)[C@@H]3C[C@H](F)CN3C2=O)c1C. The number of urea groups is 1. The molecule has 1 aromatic carbocycles. The van der Waals surface area contributed by atoms with Crippen molar-refractivity contribution in [3.63, 3.8) is 0 Å². The van der Waals surface area contributed by atoms with E-state index in [9.17, 15) is 22.4 Å². The van der Waals surface area contributed by atoms with E-state index in [-0.39, 0.29) is 23.5 Å². The van der Waals surface area contributed by atoms with Crippen LogP contribution in [0.1, 0.15) is 12.0 Å². The monoisotopic (exact) mass is 341 g/mol. The average molecular weight is 341 g/mol. The predicted octanol–water partition coefficient (Wildman–Crippen LogP) is 0.782. The number of nitrogens with zero attached hydrogens (tertiary/aromatic N) is 2. The van der Waals surface area contributed by atoms with Crippen molar-refractivity contribution in [2.24, 2.45) is 0 Å². The first-order valence-corrected chi connectivity index (χ1v) is 8.58. The van der Waals surface area contributed by atoms with Gasteiger partial charge in [0.1, 0.15) is 12.2 Å². The number of amides is 3. The van der Waals surface area contributed by atoms with E-state index in [4.69, 9.17) is 0 Å². The molecular weight excluding hydrogens is 325 g/mol. The van der Waals surface area contributed by atoms with E-state index < -0.39 is 34.2 Å². The van der Waals surface area contributed by atoms with E-state index in [0.29, 0.717) is 5.56 Å². The summed E-state index contributed by atoms with van der Waals surface area (Å²) in [5.74, 6) is -0.516. The predicted molar refractivity (Wildman–Crippen MR) is 80.3 cm³/mol. The Kier molecular flexibility index (Phi) is 3.64. The Morgan fingerprint density at radius 2 is 2.00 bits per heavy atom. The van der Waals surface area contributed by atoms with Gasteiger partial charge in [-0.2, -0.15) is 0 Å². The normalized spacial score (nSPS) is 24.5. The molecule has 1 aromatic rings. The van der Waals surface area contributed by atoms with Gasteiger partial charge in [0.15, 0.2) is 0 Å². The van der Waals surface area contributed by atoms with Gasteiger partial charge in [-0.05, 0) is 31.7 Å². The molecular formula is C14H16FN3O4S. The summed E-state index contributed by atoms with van der Waals surface area (Å²) >= 11 is 0. The fourth-order valence-corrected chi connectivity index (χ4v) is 4.06. The van der Waals surface area contributed by atoms with Gasteiger partial charge in [0.2, 0.25) is 10.0 Å². The summed E-state index contributed by atoms with van der Waals surface area (Å²) in [6.07, 6.45) is -1.22. The first-order valence-electron chi connectivity index (χ1n) is 7.09. The van der Waals surface area contributed by atoms with Crippen molar-refractivity contribution in [1.29, 1.82) is 0 Å². The molecule has 0 aromatic heterocycles. The van der Waals surface area contributed by atoms with E-state index in [1.165, 1.54) is 37.1 Å². The molecule has 2 heterocycles. The fourth-order valence-electron chi connectivity index (χ4n) is 3.07. The zero-order valence-corrected chi connectivity index (χ0v) is 13.4. The van der Waals surface area contributed by atoms with Gasteiger partial charge in [-0.25, -0.2) is 27.2 Å². The van der Waals surface area contributed by atoms with E-state index in [1.54, 1.807) is 0 Å². The van der Waals surface area contributed by atoms with Gasteiger partial charge in [-0.15, -0.1) is 0 Å². The van der Waals surface area contributed by atoms with Crippen molar-refractivity contribution in [3.8, 4) is 0 Å². The van der Waals surface area contributed by atoms with E-state index in [1.807, 2.05) is 0 Å². The first kappa shape index (κ1) is 15.9. The molecule has 7 nitrogen and oxygen atoms in total. The van der Waals surface area contributed by atoms with E-state index in [0.717, 1.165) is 4.90 Å². The van der Waals surface area contributed by atoms with Crippen LogP contribution in [0.15, 0.2) is 23.1 Å². The highest BCUT2D eigenvalue weighted by Crippen LogP contribution is 2.35. The summed E-state index contributed by atoms with van der Waals surface area (Å²) in [5, 5.41) is 0. The summed E-state index contributed by atoms with van der Waals surface area (Å²) < 4.78 is 39.7. The fraction of sp³-hybridized carbons (Fsp3) is 0.429. The maximum atomic E-state index is 13.4. The number of fused-ring (bicyclic) bond motifs is 1. The summed E-state index contributed by atoms with van der Waals surface area (Å²) in [6.45, 7) is 1.42. The van der Waals surface area contributed by atoms with Crippen molar-refractivity contribution in [2.45, 2.75) is 30.5 Å². The zero-order valence-electron chi connectivity index (χ0n) is 12.6. The number of benzene rings is 1. The highest BCUT2D eigenvalue weighted by molar-refractivity contribution is 7.89. The Labute approximate surface area is 133 Å². The summed E-state index contributed by atoms with van der Waals surface area (Å²) in [5.41, 5.74) is 0.502. The van der Waals surface area contributed by atoms with Gasteiger partial charge in [0, 0.05) is 6.42 Å². The smallest absolute Gasteiger partial charge is 0.309 e. The summed E-state index contributed by atoms with van der Waals surface area (Å²) in [7, 11) is -2.43. The number of alkyl halides is 1. The lowest BCUT2D eigenvalue weighted by atomic mass is 10.1. The molecule has 1 N–H and O–H groups in total. The molecule has 0 bridgehead atoms. The molecule has 2 aliphatic heterocycles. The molecule has 0 spiro atoms. The molecule has 3 amide bonds. The number of sulfonamides is 1. The van der Waals surface area contributed by atoms with Crippen molar-refractivity contribution in [1.82, 2.24) is 9.62 Å². The van der Waals surface area contributed by atoms with E-state index >= 15 is 0 Å². The largest absolute Gasteiger partial charge is 0.332 e. The van der Waals surface area contributed by atoms with Crippen LogP contribution in [0, 0.1) is 6.92 Å². The molecule has 0 unspecified atom stereocenters. The standard InChI is InChI=1S/C14H16FN3O4S/c1-8-10(4-3-5-12(8)23(21,22)16-2)18-13(19)11-6-9(15)7-17(11)14(18)20/h3-5,9,11,16H,6-7H2,1-2H3/t9-,11-/m0/s1. The Morgan fingerprint density at radius 3 is 2.61 bits per heavy atom. The van der Waals surface area contributed by atoms with Crippen molar-refractivity contribution < 1.29 is 22.4 Å². The minimum atomic E-state index is -3.72. The Bertz CT molecular complexity index is 771. The van der Waals surface area contributed by atoms with Crippen LogP contribution in [-0.4, -0.2) is 51.1 Å². The average Bonchev–Trinajstić information content (AvgIpc) is 2.99. The second-order valence-corrected chi connectivity index (χ2v) is 7.42. The van der Waals surface area contributed by atoms with Crippen molar-refractivity contribution in [2.75, 3.05) is 18.5 Å². The van der Waals surface area contributed by atoms with Crippen LogP contribution in [0.5, 0.6) is 0 Å². The number of rotatable bonds is 3. The molecule has 3 rings (SSSR count). The molecule has 0 saturated carbocycles. The lowest BCUT2D eigenvalue weighted by Crippen LogP contribution is -2.35. The second-order valence-electron chi connectivity index (χ2n) is 5.57. The minimum absolute atomic E-state index is 0.00599. The Hall–Kier alpha value is -2.00. The summed E-state index contributed by atoms with van der Waals surface area (Å²) in [6, 6.07) is 2.96. The van der Waals surface area contributed by atoms with Crippen LogP contribution in [0.3, 0.4) is 0 Å². The van der Waals surface area contributed by atoms with Crippen LogP contribution in [0.2, 0.25) is 0 Å². The quantitative estimate of drug-likeness (QED) is 0.823. The Morgan fingerprint density at radius 1 is 1.30 bits per heavy atom. The third kappa shape index (κ3) is 2.31. The maximum absolute atomic E-state index is 13.4. The first-order chi connectivity index (χ1) is 10.8. The maximum Gasteiger partial charge on any atom is 0.332 e. The molecule has 0 aliphatic carbocycles. The van der Waals surface area contributed by atoms with E-state index in [2.05, 4.69) is 4.72 Å². The van der Waals surface area contributed by atoms with Gasteiger partial charge >= 0.3 is 6.03 Å². The van der Waals surface area contributed by atoms with Crippen LogP contribution in [0.25, 0.3) is 0 Å². The number of hydrogen-bond donors (Lipinski definition) is 1. The van der Waals surface area contributed by atoms with Gasteiger partial charge in [-0.1, -0.05) is 6.07 Å². The van der Waals surface area contributed by atoms with Crippen molar-refractivity contribution in [3.05, 3.63) is 23.8 Å². The van der Waals surface area contributed by atoms with Crippen LogP contribution < -0.4 is 9.62 Å². The van der Waals surface area contributed by atoms with Gasteiger partial charge in [-0.3, -0.25) is 4.79 Å². The number of nitrogens with one attached hydrogen (secondary N) is 1. The van der Waals surface area contributed by atoms with Crippen LogP contribution >= 0.6 is 0 Å². The number of hydrogen-bond acceptors (Lipinski definition) is 4. The minimum Gasteiger partial charge on any atom is -0.309 e. The molecule has 2 aliphatic rings. The highest BCUT2D eigenvalue weighted by atomic mass is 32.2. The number of imide groups is 1. The molecule has 2 fully saturated rings. The third-order valence-electron chi connectivity index (χ3n) is 4.25. The molecule has 2 saturated heterocycles. The molecule has 2 atom stereocenters. The Balaban J connectivity index is 2.06. The van der Waals surface area contributed by atoms with Gasteiger partial charge in [0.05, 0.1) is 17.1 Å². The number of carbonyl (C=O) groups is 2. The summed E-state index contributed by atoms with van der Waals surface area (Å²) in [4.78, 5) is 27.0. The number of carbonyl (C=O) groups excluding carboxylic acids is 2. The van der Waals surface area contributed by atoms with Crippen molar-refractivity contribution >= 4 is 27.6 Å². The number of anilines is 1. The lowest BCUT2D eigenvalue weighted by Gasteiger charge is -2.19. The lowest BCUT2D eigenvalue weighted by molar-refractivity contribution is -0.119. The number of halogens is 1. The molecule has 0 radical (unpaired) electrons. The van der Waals surface area contributed by atoms with Crippen LogP contribution in [0.4, 0.5) is 14.9 Å². The highest BCUT2D eigenvalue weighted by Gasteiger charge is 2.51. The topological polar surface area (TPSA) is 86.8 Å². The third-order valence-corrected chi connectivity index (χ3v) is 5.81. The van der Waals surface area contributed by atoms with Gasteiger partial charge in [0.25, 0.3) is 5.91 Å². The second kappa shape index (κ2) is 5.27. The molecule has 124 valence electrons. The molecule has 9 heteroatoms. The molecule has 23 heavy (non-hydrogen) atoms.